The SMILES string of the molecule is Cc1ccc2c(c1)Cc1cc(C)ccc1C2=C1C=C(CCc2cnc3c(=O)[nH]c(N)nc3n2)CC/C1=C(\O)NC(CCC(=O)O)C(=O)O. The maximum Gasteiger partial charge on any atom is 0.326 e. The van der Waals surface area contributed by atoms with Crippen LogP contribution in [0, 0.1) is 13.8 Å². The quantitative estimate of drug-likeness (QED) is 0.121. The van der Waals surface area contributed by atoms with Gasteiger partial charge in [0.15, 0.2) is 17.0 Å². The normalized spacial score (nSPS) is 15.8. The number of aromatic nitrogens is 4. The molecule has 12 heteroatoms. The first-order valence-electron chi connectivity index (χ1n) is 15.8. The predicted molar refractivity (Wildman–Crippen MR) is 180 cm³/mol. The summed E-state index contributed by atoms with van der Waals surface area (Å²) in [6.45, 7) is 4.11. The van der Waals surface area contributed by atoms with Crippen molar-refractivity contribution in [2.75, 3.05) is 5.73 Å². The first-order chi connectivity index (χ1) is 23.0. The summed E-state index contributed by atoms with van der Waals surface area (Å²) < 4.78 is 0. The van der Waals surface area contributed by atoms with Crippen LogP contribution in [0.15, 0.2) is 76.1 Å². The van der Waals surface area contributed by atoms with Gasteiger partial charge in [0.2, 0.25) is 5.95 Å². The molecule has 4 aromatic rings. The number of benzene rings is 2. The lowest BCUT2D eigenvalue weighted by atomic mass is 9.75. The number of aliphatic hydroxyl groups is 1. The van der Waals surface area contributed by atoms with Gasteiger partial charge in [0.1, 0.15) is 6.04 Å². The van der Waals surface area contributed by atoms with Crippen LogP contribution in [0.3, 0.4) is 0 Å². The number of allylic oxidation sites excluding steroid dienone is 4. The summed E-state index contributed by atoms with van der Waals surface area (Å²) >= 11 is 0. The molecule has 1 unspecified atom stereocenters. The predicted octanol–water partition coefficient (Wildman–Crippen LogP) is 4.65. The lowest BCUT2D eigenvalue weighted by molar-refractivity contribution is -0.140. The summed E-state index contributed by atoms with van der Waals surface area (Å²) in [5.41, 5.74) is 16.2. The molecular formula is C36H36N6O6. The number of hydrogen-bond donors (Lipinski definition) is 6. The summed E-state index contributed by atoms with van der Waals surface area (Å²) in [6, 6.07) is 11.4. The minimum Gasteiger partial charge on any atom is -0.495 e. The van der Waals surface area contributed by atoms with Gasteiger partial charge in [-0.05, 0) is 85.8 Å². The van der Waals surface area contributed by atoms with Crippen LogP contribution in [0.25, 0.3) is 16.7 Å². The zero-order valence-corrected chi connectivity index (χ0v) is 26.6. The van der Waals surface area contributed by atoms with Gasteiger partial charge in [-0.15, -0.1) is 0 Å². The van der Waals surface area contributed by atoms with Crippen LogP contribution < -0.4 is 16.6 Å². The second kappa shape index (κ2) is 13.1. The Balaban J connectivity index is 1.46. The number of nitrogens with zero attached hydrogens (tertiary/aromatic N) is 3. The van der Waals surface area contributed by atoms with Gasteiger partial charge in [0.25, 0.3) is 5.56 Å². The summed E-state index contributed by atoms with van der Waals surface area (Å²) in [4.78, 5) is 50.8. The molecule has 0 bridgehead atoms. The molecule has 6 rings (SSSR count). The van der Waals surface area contributed by atoms with E-state index in [1.54, 1.807) is 6.20 Å². The molecule has 0 spiro atoms. The molecule has 48 heavy (non-hydrogen) atoms. The van der Waals surface area contributed by atoms with Crippen LogP contribution in [0.5, 0.6) is 0 Å². The first kappa shape index (κ1) is 32.2. The molecule has 2 heterocycles. The van der Waals surface area contributed by atoms with Crippen LogP contribution in [-0.4, -0.2) is 53.2 Å². The maximum absolute atomic E-state index is 12.2. The average molecular weight is 649 g/mol. The minimum atomic E-state index is -1.29. The van der Waals surface area contributed by atoms with E-state index in [0.29, 0.717) is 37.0 Å². The molecular weight excluding hydrogens is 612 g/mol. The van der Waals surface area contributed by atoms with Crippen molar-refractivity contribution in [1.82, 2.24) is 25.3 Å². The van der Waals surface area contributed by atoms with Crippen molar-refractivity contribution >= 4 is 34.6 Å². The average Bonchev–Trinajstić information content (AvgIpc) is 3.03. The number of aryl methyl sites for hydroxylation is 3. The van der Waals surface area contributed by atoms with E-state index >= 15 is 0 Å². The van der Waals surface area contributed by atoms with Crippen LogP contribution >= 0.6 is 0 Å². The van der Waals surface area contributed by atoms with Crippen molar-refractivity contribution < 1.29 is 24.9 Å². The number of aromatic amines is 1. The third-order valence-corrected chi connectivity index (χ3v) is 8.81. The molecule has 7 N–H and O–H groups in total. The van der Waals surface area contributed by atoms with E-state index in [1.165, 1.54) is 0 Å². The fourth-order valence-electron chi connectivity index (χ4n) is 6.47. The fraction of sp³-hybridized carbons (Fsp3) is 0.278. The molecule has 0 saturated carbocycles. The maximum atomic E-state index is 12.2. The number of aliphatic hydroxyl groups excluding tert-OH is 1. The van der Waals surface area contributed by atoms with Crippen LogP contribution in [-0.2, 0) is 22.4 Å². The van der Waals surface area contributed by atoms with E-state index in [2.05, 4.69) is 81.6 Å². The number of nitrogens with two attached hydrogens (primary N) is 1. The Hall–Kier alpha value is -5.78. The van der Waals surface area contributed by atoms with Crippen molar-refractivity contribution in [3.8, 4) is 0 Å². The molecule has 1 atom stereocenters. The van der Waals surface area contributed by atoms with E-state index in [4.69, 9.17) is 10.8 Å². The third-order valence-electron chi connectivity index (χ3n) is 8.81. The Bertz CT molecular complexity index is 2080. The van der Waals surface area contributed by atoms with Crippen molar-refractivity contribution in [2.45, 2.75) is 64.8 Å². The van der Waals surface area contributed by atoms with Crippen molar-refractivity contribution in [1.29, 1.82) is 0 Å². The van der Waals surface area contributed by atoms with Gasteiger partial charge in [0, 0.05) is 18.2 Å². The van der Waals surface area contributed by atoms with E-state index in [1.807, 2.05) is 0 Å². The molecule has 0 radical (unpaired) electrons. The highest BCUT2D eigenvalue weighted by Crippen LogP contribution is 2.44. The number of fused-ring (bicyclic) bond motifs is 3. The number of hydrogen-bond acceptors (Lipinski definition) is 9. The molecule has 0 fully saturated rings. The van der Waals surface area contributed by atoms with E-state index in [9.17, 15) is 24.6 Å². The molecule has 0 saturated heterocycles. The molecule has 0 aliphatic heterocycles. The van der Waals surface area contributed by atoms with Crippen LogP contribution in [0.4, 0.5) is 5.95 Å². The van der Waals surface area contributed by atoms with Gasteiger partial charge in [-0.25, -0.2) is 14.8 Å². The topological polar surface area (TPSA) is 204 Å². The Morgan fingerprint density at radius 2 is 1.67 bits per heavy atom. The Kier molecular flexibility index (Phi) is 8.81. The van der Waals surface area contributed by atoms with Crippen LogP contribution in [0.2, 0.25) is 0 Å². The highest BCUT2D eigenvalue weighted by atomic mass is 16.4. The third kappa shape index (κ3) is 6.68. The molecule has 2 aliphatic carbocycles. The number of rotatable bonds is 9. The number of carbonyl (C=O) groups is 2. The Morgan fingerprint density at radius 3 is 2.31 bits per heavy atom. The fourth-order valence-corrected chi connectivity index (χ4v) is 6.47. The largest absolute Gasteiger partial charge is 0.495 e. The number of nitrogen functional groups attached to an aromatic ring is 1. The van der Waals surface area contributed by atoms with Gasteiger partial charge >= 0.3 is 11.9 Å². The van der Waals surface area contributed by atoms with Gasteiger partial charge in [-0.1, -0.05) is 59.2 Å². The molecule has 246 valence electrons. The first-order valence-corrected chi connectivity index (χ1v) is 15.8. The zero-order chi connectivity index (χ0) is 34.1. The van der Waals surface area contributed by atoms with Crippen molar-refractivity contribution in [3.05, 3.63) is 121 Å². The highest BCUT2D eigenvalue weighted by molar-refractivity contribution is 5.91. The molecule has 12 nitrogen and oxygen atoms in total. The molecule has 2 aromatic heterocycles. The number of carboxylic acid groups (broad SMARTS) is 2. The van der Waals surface area contributed by atoms with Gasteiger partial charge in [-0.3, -0.25) is 14.6 Å². The molecule has 2 aliphatic rings. The second-order valence-electron chi connectivity index (χ2n) is 12.4. The number of carboxylic acids is 2. The molecule has 2 aromatic carbocycles. The smallest absolute Gasteiger partial charge is 0.326 e. The van der Waals surface area contributed by atoms with Gasteiger partial charge < -0.3 is 26.4 Å². The molecule has 0 amide bonds. The standard InChI is InChI=1S/C36H36N6O6/c1-18-3-8-24-21(13-18)16-22-14-19(2)4-9-25(22)30(24)27-15-20(5-7-23-17-38-31-32(39-23)41-36(37)42-34(31)46)6-10-26(27)33(45)40-28(35(47)48)11-12-29(43)44/h3-4,8-9,13-15,17,28,40,45H,5-7,10-12,16H2,1-2H3,(H,43,44)(H,47,48)(H3,37,39,41,42,46)/b33-26+. The summed E-state index contributed by atoms with van der Waals surface area (Å²) in [7, 11) is 0. The zero-order valence-electron chi connectivity index (χ0n) is 26.6. The van der Waals surface area contributed by atoms with Crippen molar-refractivity contribution in [3.63, 3.8) is 0 Å². The summed E-state index contributed by atoms with van der Waals surface area (Å²) in [5, 5.41) is 33.2. The van der Waals surface area contributed by atoms with E-state index in [0.717, 1.165) is 56.5 Å². The van der Waals surface area contributed by atoms with Gasteiger partial charge in [-0.2, -0.15) is 4.98 Å². The van der Waals surface area contributed by atoms with Crippen LogP contribution in [0.1, 0.15) is 71.2 Å². The monoisotopic (exact) mass is 648 g/mol. The van der Waals surface area contributed by atoms with Gasteiger partial charge in [0.05, 0.1) is 5.69 Å². The Morgan fingerprint density at radius 1 is 0.979 bits per heavy atom. The van der Waals surface area contributed by atoms with Crippen molar-refractivity contribution in [2.24, 2.45) is 0 Å². The lowest BCUT2D eigenvalue weighted by Gasteiger charge is -2.29. The lowest BCUT2D eigenvalue weighted by Crippen LogP contribution is -2.37. The summed E-state index contributed by atoms with van der Waals surface area (Å²) in [5.74, 6) is -2.69. The number of aliphatic carboxylic acids is 2. The van der Waals surface area contributed by atoms with E-state index < -0.39 is 23.5 Å². The second-order valence-corrected chi connectivity index (χ2v) is 12.4. The highest BCUT2D eigenvalue weighted by Gasteiger charge is 2.29. The summed E-state index contributed by atoms with van der Waals surface area (Å²) in [6.07, 6.45) is 5.92. The number of H-pyrrole nitrogens is 1. The minimum absolute atomic E-state index is 0.0375. The Labute approximate surface area is 275 Å². The van der Waals surface area contributed by atoms with E-state index in [-0.39, 0.29) is 35.8 Å². The number of nitrogens with one attached hydrogen (secondary N) is 2. The number of anilines is 1.